The second-order valence-electron chi connectivity index (χ2n) is 8.33. The van der Waals surface area contributed by atoms with Gasteiger partial charge in [-0.1, -0.05) is 47.9 Å². The molecule has 1 aliphatic rings. The molecule has 8 heteroatoms. The van der Waals surface area contributed by atoms with Crippen LogP contribution in [0, 0.1) is 5.82 Å². The molecule has 2 atom stereocenters. The smallest absolute Gasteiger partial charge is 0.411 e. The van der Waals surface area contributed by atoms with E-state index in [4.69, 9.17) is 22.1 Å². The predicted molar refractivity (Wildman–Crippen MR) is 129 cm³/mol. The summed E-state index contributed by atoms with van der Waals surface area (Å²) in [7, 11) is 6.01. The van der Waals surface area contributed by atoms with E-state index in [-0.39, 0.29) is 31.4 Å². The number of halogens is 1. The number of amides is 1. The lowest BCUT2D eigenvalue weighted by Crippen LogP contribution is -2.31. The van der Waals surface area contributed by atoms with Gasteiger partial charge in [0.05, 0.1) is 25.6 Å². The maximum atomic E-state index is 14.2. The summed E-state index contributed by atoms with van der Waals surface area (Å²) in [6.07, 6.45) is -0.917. The number of carbonyl (C=O) groups is 2. The molecular formula is C27H25BFNO5. The Morgan fingerprint density at radius 2 is 1.89 bits per heavy atom. The maximum absolute atomic E-state index is 14.2. The number of ether oxygens (including phenoxy) is 3. The minimum absolute atomic E-state index is 0.0748. The van der Waals surface area contributed by atoms with Crippen LogP contribution in [0.5, 0.6) is 11.5 Å². The largest absolute Gasteiger partial charge is 0.466 e. The lowest BCUT2D eigenvalue weighted by Gasteiger charge is -2.22. The Kier molecular flexibility index (Phi) is 7.39. The molecule has 178 valence electrons. The van der Waals surface area contributed by atoms with Crippen LogP contribution in [-0.2, 0) is 27.2 Å². The molecule has 1 saturated heterocycles. The zero-order valence-electron chi connectivity index (χ0n) is 19.6. The van der Waals surface area contributed by atoms with Crippen LogP contribution in [0.2, 0.25) is 0 Å². The number of hydrogen-bond acceptors (Lipinski definition) is 5. The second kappa shape index (κ2) is 10.6. The van der Waals surface area contributed by atoms with Crippen molar-refractivity contribution in [2.75, 3.05) is 6.61 Å². The third kappa shape index (κ3) is 5.82. The van der Waals surface area contributed by atoms with Gasteiger partial charge in [0, 0.05) is 11.6 Å². The summed E-state index contributed by atoms with van der Waals surface area (Å²) >= 11 is 0. The van der Waals surface area contributed by atoms with E-state index in [1.54, 1.807) is 36.1 Å². The average Bonchev–Trinajstić information content (AvgIpc) is 3.09. The van der Waals surface area contributed by atoms with Gasteiger partial charge >= 0.3 is 12.1 Å². The molecule has 1 aliphatic heterocycles. The van der Waals surface area contributed by atoms with Gasteiger partial charge in [0.25, 0.3) is 0 Å². The third-order valence-electron chi connectivity index (χ3n) is 5.76. The van der Waals surface area contributed by atoms with Crippen molar-refractivity contribution in [3.63, 3.8) is 0 Å². The molecule has 6 nitrogen and oxygen atoms in total. The molecule has 0 saturated carbocycles. The van der Waals surface area contributed by atoms with Crippen molar-refractivity contribution in [2.45, 2.75) is 39.0 Å². The summed E-state index contributed by atoms with van der Waals surface area (Å²) in [4.78, 5) is 26.1. The molecular weight excluding hydrogens is 448 g/mol. The van der Waals surface area contributed by atoms with Crippen molar-refractivity contribution in [1.82, 2.24) is 4.90 Å². The van der Waals surface area contributed by atoms with E-state index in [0.29, 0.717) is 22.3 Å². The highest BCUT2D eigenvalue weighted by molar-refractivity contribution is 6.32. The Hall–Kier alpha value is -3.81. The fraction of sp³-hybridized carbons (Fsp3) is 0.259. The van der Waals surface area contributed by atoms with E-state index in [0.717, 1.165) is 5.56 Å². The zero-order chi connectivity index (χ0) is 24.9. The van der Waals surface area contributed by atoms with Gasteiger partial charge < -0.3 is 14.2 Å². The van der Waals surface area contributed by atoms with Gasteiger partial charge in [0.15, 0.2) is 0 Å². The number of rotatable bonds is 8. The van der Waals surface area contributed by atoms with Gasteiger partial charge in [-0.15, -0.1) is 0 Å². The van der Waals surface area contributed by atoms with Crippen LogP contribution in [0.3, 0.4) is 0 Å². The topological polar surface area (TPSA) is 65.1 Å². The Morgan fingerprint density at radius 1 is 1.11 bits per heavy atom. The molecule has 0 bridgehead atoms. The first-order chi connectivity index (χ1) is 16.8. The van der Waals surface area contributed by atoms with Crippen LogP contribution in [0.1, 0.15) is 36.6 Å². The quantitative estimate of drug-likeness (QED) is 0.354. The molecule has 2 radical (unpaired) electrons. The molecule has 0 spiro atoms. The van der Waals surface area contributed by atoms with E-state index >= 15 is 0 Å². The number of cyclic esters (lactones) is 1. The molecule has 1 heterocycles. The van der Waals surface area contributed by atoms with Crippen molar-refractivity contribution < 1.29 is 28.2 Å². The molecule has 0 N–H and O–H groups in total. The lowest BCUT2D eigenvalue weighted by molar-refractivity contribution is -0.142. The summed E-state index contributed by atoms with van der Waals surface area (Å²) in [6, 6.07) is 18.4. The van der Waals surface area contributed by atoms with Crippen LogP contribution in [-0.4, -0.2) is 37.5 Å². The van der Waals surface area contributed by atoms with E-state index < -0.39 is 24.0 Å². The minimum atomic E-state index is -0.541. The first-order valence-corrected chi connectivity index (χ1v) is 11.4. The van der Waals surface area contributed by atoms with Gasteiger partial charge in [0.1, 0.15) is 31.3 Å². The van der Waals surface area contributed by atoms with Crippen molar-refractivity contribution >= 4 is 25.4 Å². The van der Waals surface area contributed by atoms with Gasteiger partial charge in [0.2, 0.25) is 0 Å². The summed E-state index contributed by atoms with van der Waals surface area (Å²) in [5.74, 6) is -0.363. The Balaban J connectivity index is 1.56. The third-order valence-corrected chi connectivity index (χ3v) is 5.76. The number of hydrogen-bond donors (Lipinski definition) is 0. The number of carbonyl (C=O) groups excluding carboxylic acids is 2. The molecule has 0 aromatic heterocycles. The van der Waals surface area contributed by atoms with Gasteiger partial charge in [-0.2, -0.15) is 0 Å². The van der Waals surface area contributed by atoms with Crippen molar-refractivity contribution in [3.8, 4) is 11.5 Å². The maximum Gasteiger partial charge on any atom is 0.411 e. The predicted octanol–water partition coefficient (Wildman–Crippen LogP) is 4.60. The highest BCUT2D eigenvalue weighted by atomic mass is 19.1. The summed E-state index contributed by atoms with van der Waals surface area (Å²) in [5.41, 5.74) is 2.47. The Labute approximate surface area is 205 Å². The first-order valence-electron chi connectivity index (χ1n) is 11.4. The molecule has 1 amide bonds. The Bertz CT molecular complexity index is 1220. The lowest BCUT2D eigenvalue weighted by atomic mass is 9.93. The number of nitrogens with zero attached hydrogens (tertiary/aromatic N) is 1. The van der Waals surface area contributed by atoms with E-state index in [9.17, 15) is 14.0 Å². The number of esters is 1. The van der Waals surface area contributed by atoms with E-state index in [1.807, 2.05) is 37.3 Å². The van der Waals surface area contributed by atoms with E-state index in [1.165, 1.54) is 12.1 Å². The van der Waals surface area contributed by atoms with Crippen molar-refractivity contribution in [3.05, 3.63) is 89.2 Å². The molecule has 3 aromatic rings. The minimum Gasteiger partial charge on any atom is -0.466 e. The fourth-order valence-corrected chi connectivity index (χ4v) is 4.10. The molecule has 0 aliphatic carbocycles. The van der Waals surface area contributed by atoms with Crippen molar-refractivity contribution in [1.29, 1.82) is 0 Å². The molecule has 3 aromatic carbocycles. The van der Waals surface area contributed by atoms with Gasteiger partial charge in [-0.3, -0.25) is 9.69 Å². The fourth-order valence-electron chi connectivity index (χ4n) is 4.10. The summed E-state index contributed by atoms with van der Waals surface area (Å²) < 4.78 is 30.8. The Morgan fingerprint density at radius 3 is 2.63 bits per heavy atom. The highest BCUT2D eigenvalue weighted by Crippen LogP contribution is 2.35. The SMILES string of the molecule is [B]c1ccc(Oc2cc(F)cc(CC(=O)OCC)c2)c(CN2C(=O)O[C@H](c3ccccc3)[C@@H]2C)c1. The van der Waals surface area contributed by atoms with Crippen LogP contribution in [0.4, 0.5) is 9.18 Å². The second-order valence-corrected chi connectivity index (χ2v) is 8.33. The number of benzene rings is 3. The monoisotopic (exact) mass is 473 g/mol. The normalized spacial score (nSPS) is 17.2. The molecule has 35 heavy (non-hydrogen) atoms. The van der Waals surface area contributed by atoms with Crippen LogP contribution in [0.25, 0.3) is 0 Å². The zero-order valence-corrected chi connectivity index (χ0v) is 19.6. The van der Waals surface area contributed by atoms with Crippen LogP contribution < -0.4 is 10.2 Å². The summed E-state index contributed by atoms with van der Waals surface area (Å²) in [6.45, 7) is 4.06. The van der Waals surface area contributed by atoms with Crippen molar-refractivity contribution in [2.24, 2.45) is 0 Å². The molecule has 1 fully saturated rings. The highest BCUT2D eigenvalue weighted by Gasteiger charge is 2.39. The first kappa shape index (κ1) is 24.3. The van der Waals surface area contributed by atoms with Gasteiger partial charge in [-0.05, 0) is 43.2 Å². The average molecular weight is 473 g/mol. The van der Waals surface area contributed by atoms with Gasteiger partial charge in [-0.25, -0.2) is 9.18 Å². The standard InChI is InChI=1S/C27H25BFNO5/c1-3-33-25(31)13-18-11-22(29)15-23(12-18)34-24-10-9-21(28)14-20(24)16-30-17(2)26(35-27(30)32)19-7-5-4-6-8-19/h4-12,14-15,17,26H,3,13,16H2,1-2H3/t17-,26-/m0/s1. The van der Waals surface area contributed by atoms with Crippen LogP contribution >= 0.6 is 0 Å². The summed E-state index contributed by atoms with van der Waals surface area (Å²) in [5, 5.41) is 0. The van der Waals surface area contributed by atoms with Crippen LogP contribution in [0.15, 0.2) is 66.7 Å². The van der Waals surface area contributed by atoms with E-state index in [2.05, 4.69) is 0 Å². The molecule has 4 rings (SSSR count). The molecule has 0 unspecified atom stereocenters.